The van der Waals surface area contributed by atoms with Gasteiger partial charge >= 0.3 is 0 Å². The number of hydrogen-bond donors (Lipinski definition) is 1. The standard InChI is InChI=1S/C14H22N2O2/c1-4-10(2)16(3)9-11-7-13-14(8-12(11)15)18-6-5-17-13/h7-8,10H,4-6,9,15H2,1-3H3. The molecule has 0 amide bonds. The Labute approximate surface area is 109 Å². The van der Waals surface area contributed by atoms with Crippen molar-refractivity contribution in [2.24, 2.45) is 0 Å². The number of nitrogen functional groups attached to an aromatic ring is 1. The van der Waals surface area contributed by atoms with Gasteiger partial charge in [-0.2, -0.15) is 0 Å². The fourth-order valence-electron chi connectivity index (χ4n) is 2.02. The molecule has 0 radical (unpaired) electrons. The molecule has 4 heteroatoms. The summed E-state index contributed by atoms with van der Waals surface area (Å²) < 4.78 is 11.1. The zero-order valence-electron chi connectivity index (χ0n) is 11.4. The maximum atomic E-state index is 6.07. The molecule has 2 rings (SSSR count). The average molecular weight is 250 g/mol. The second-order valence-electron chi connectivity index (χ2n) is 4.87. The van der Waals surface area contributed by atoms with Gasteiger partial charge in [0.15, 0.2) is 11.5 Å². The summed E-state index contributed by atoms with van der Waals surface area (Å²) in [4.78, 5) is 2.29. The third-order valence-corrected chi connectivity index (χ3v) is 3.57. The molecule has 1 aliphatic rings. The minimum atomic E-state index is 0.539. The monoisotopic (exact) mass is 250 g/mol. The lowest BCUT2D eigenvalue weighted by Crippen LogP contribution is -2.28. The van der Waals surface area contributed by atoms with Crippen LogP contribution in [0, 0.1) is 0 Å². The second-order valence-corrected chi connectivity index (χ2v) is 4.87. The van der Waals surface area contributed by atoms with Crippen LogP contribution < -0.4 is 15.2 Å². The zero-order valence-corrected chi connectivity index (χ0v) is 11.4. The average Bonchev–Trinajstić information content (AvgIpc) is 2.38. The Morgan fingerprint density at radius 2 is 1.89 bits per heavy atom. The molecule has 0 aromatic heterocycles. The van der Waals surface area contributed by atoms with Crippen molar-refractivity contribution in [3.8, 4) is 11.5 Å². The first-order chi connectivity index (χ1) is 8.61. The summed E-state index contributed by atoms with van der Waals surface area (Å²) in [6.07, 6.45) is 1.13. The van der Waals surface area contributed by atoms with Crippen molar-refractivity contribution in [3.05, 3.63) is 17.7 Å². The van der Waals surface area contributed by atoms with Crippen LogP contribution in [0.15, 0.2) is 12.1 Å². The fraction of sp³-hybridized carbons (Fsp3) is 0.571. The Kier molecular flexibility index (Phi) is 3.97. The fourth-order valence-corrected chi connectivity index (χ4v) is 2.02. The Morgan fingerprint density at radius 3 is 2.50 bits per heavy atom. The Hall–Kier alpha value is -1.42. The van der Waals surface area contributed by atoms with Gasteiger partial charge in [0.1, 0.15) is 13.2 Å². The van der Waals surface area contributed by atoms with Crippen molar-refractivity contribution in [2.45, 2.75) is 32.9 Å². The van der Waals surface area contributed by atoms with Crippen LogP contribution >= 0.6 is 0 Å². The van der Waals surface area contributed by atoms with Gasteiger partial charge in [-0.3, -0.25) is 4.90 Å². The molecule has 4 nitrogen and oxygen atoms in total. The van der Waals surface area contributed by atoms with Crippen LogP contribution in [0.3, 0.4) is 0 Å². The highest BCUT2D eigenvalue weighted by atomic mass is 16.6. The van der Waals surface area contributed by atoms with Gasteiger partial charge in [-0.15, -0.1) is 0 Å². The molecule has 0 fully saturated rings. The highest BCUT2D eigenvalue weighted by Crippen LogP contribution is 2.34. The lowest BCUT2D eigenvalue weighted by molar-refractivity contribution is 0.171. The minimum Gasteiger partial charge on any atom is -0.486 e. The normalized spacial score (nSPS) is 15.8. The van der Waals surface area contributed by atoms with E-state index in [0.717, 1.165) is 35.7 Å². The number of benzene rings is 1. The van der Waals surface area contributed by atoms with Crippen LogP contribution in [0.5, 0.6) is 11.5 Å². The van der Waals surface area contributed by atoms with Crippen LogP contribution in [0.1, 0.15) is 25.8 Å². The van der Waals surface area contributed by atoms with E-state index in [0.29, 0.717) is 19.3 Å². The van der Waals surface area contributed by atoms with Crippen molar-refractivity contribution in [2.75, 3.05) is 26.0 Å². The SMILES string of the molecule is CCC(C)N(C)Cc1cc2c(cc1N)OCCO2. The number of fused-ring (bicyclic) bond motifs is 1. The molecular weight excluding hydrogens is 228 g/mol. The van der Waals surface area contributed by atoms with Crippen molar-refractivity contribution in [1.29, 1.82) is 0 Å². The van der Waals surface area contributed by atoms with Crippen LogP contribution in [0.4, 0.5) is 5.69 Å². The van der Waals surface area contributed by atoms with Gasteiger partial charge < -0.3 is 15.2 Å². The first-order valence-corrected chi connectivity index (χ1v) is 6.50. The third kappa shape index (κ3) is 2.70. The molecule has 0 spiro atoms. The van der Waals surface area contributed by atoms with E-state index >= 15 is 0 Å². The Balaban J connectivity index is 2.18. The van der Waals surface area contributed by atoms with Gasteiger partial charge in [0.2, 0.25) is 0 Å². The maximum Gasteiger partial charge on any atom is 0.163 e. The molecule has 0 aliphatic carbocycles. The Bertz CT molecular complexity index is 421. The highest BCUT2D eigenvalue weighted by Gasteiger charge is 2.16. The van der Waals surface area contributed by atoms with E-state index < -0.39 is 0 Å². The quantitative estimate of drug-likeness (QED) is 0.833. The summed E-state index contributed by atoms with van der Waals surface area (Å²) >= 11 is 0. The molecule has 1 unspecified atom stereocenters. The van der Waals surface area contributed by atoms with Crippen molar-refractivity contribution < 1.29 is 9.47 Å². The molecule has 1 heterocycles. The topological polar surface area (TPSA) is 47.7 Å². The molecule has 18 heavy (non-hydrogen) atoms. The lowest BCUT2D eigenvalue weighted by Gasteiger charge is -2.25. The van der Waals surface area contributed by atoms with E-state index in [2.05, 4.69) is 25.8 Å². The van der Waals surface area contributed by atoms with Gasteiger partial charge in [-0.1, -0.05) is 6.92 Å². The summed E-state index contributed by atoms with van der Waals surface area (Å²) in [5.41, 5.74) is 7.94. The van der Waals surface area contributed by atoms with E-state index in [1.807, 2.05) is 12.1 Å². The van der Waals surface area contributed by atoms with E-state index in [1.54, 1.807) is 0 Å². The van der Waals surface area contributed by atoms with E-state index in [-0.39, 0.29) is 0 Å². The van der Waals surface area contributed by atoms with E-state index in [4.69, 9.17) is 15.2 Å². The summed E-state index contributed by atoms with van der Waals surface area (Å²) in [6.45, 7) is 6.44. The lowest BCUT2D eigenvalue weighted by atomic mass is 10.1. The van der Waals surface area contributed by atoms with Gasteiger partial charge in [0.05, 0.1) is 0 Å². The molecule has 2 N–H and O–H groups in total. The van der Waals surface area contributed by atoms with Gasteiger partial charge in [0.25, 0.3) is 0 Å². The van der Waals surface area contributed by atoms with Gasteiger partial charge in [-0.05, 0) is 32.0 Å². The predicted octanol–water partition coefficient (Wildman–Crippen LogP) is 2.27. The molecular formula is C14H22N2O2. The number of hydrogen-bond acceptors (Lipinski definition) is 4. The predicted molar refractivity (Wildman–Crippen MR) is 73.1 cm³/mol. The summed E-state index contributed by atoms with van der Waals surface area (Å²) in [5, 5.41) is 0. The second kappa shape index (κ2) is 5.48. The molecule has 1 atom stereocenters. The number of nitrogens with two attached hydrogens (primary N) is 1. The largest absolute Gasteiger partial charge is 0.486 e. The van der Waals surface area contributed by atoms with Crippen molar-refractivity contribution in [1.82, 2.24) is 4.90 Å². The summed E-state index contributed by atoms with van der Waals surface area (Å²) in [5.74, 6) is 1.57. The number of nitrogens with zero attached hydrogens (tertiary/aromatic N) is 1. The minimum absolute atomic E-state index is 0.539. The van der Waals surface area contributed by atoms with Gasteiger partial charge in [0, 0.05) is 24.3 Å². The molecule has 100 valence electrons. The van der Waals surface area contributed by atoms with Gasteiger partial charge in [-0.25, -0.2) is 0 Å². The maximum absolute atomic E-state index is 6.07. The van der Waals surface area contributed by atoms with Crippen LogP contribution in [0.25, 0.3) is 0 Å². The third-order valence-electron chi connectivity index (χ3n) is 3.57. The van der Waals surface area contributed by atoms with Crippen LogP contribution in [0.2, 0.25) is 0 Å². The number of ether oxygens (including phenoxy) is 2. The van der Waals surface area contributed by atoms with Crippen molar-refractivity contribution in [3.63, 3.8) is 0 Å². The summed E-state index contributed by atoms with van der Waals surface area (Å²) in [6, 6.07) is 4.41. The number of rotatable bonds is 4. The first-order valence-electron chi connectivity index (χ1n) is 6.50. The molecule has 1 aliphatic heterocycles. The van der Waals surface area contributed by atoms with E-state index in [9.17, 15) is 0 Å². The molecule has 1 aromatic carbocycles. The van der Waals surface area contributed by atoms with E-state index in [1.165, 1.54) is 0 Å². The molecule has 0 bridgehead atoms. The molecule has 0 saturated carbocycles. The Morgan fingerprint density at radius 1 is 1.28 bits per heavy atom. The number of anilines is 1. The first kappa shape index (κ1) is 13.0. The molecule has 0 saturated heterocycles. The zero-order chi connectivity index (χ0) is 13.1. The molecule has 1 aromatic rings. The smallest absolute Gasteiger partial charge is 0.163 e. The van der Waals surface area contributed by atoms with Crippen LogP contribution in [-0.4, -0.2) is 31.2 Å². The highest BCUT2D eigenvalue weighted by molar-refractivity contribution is 5.58. The summed E-state index contributed by atoms with van der Waals surface area (Å²) in [7, 11) is 2.12. The van der Waals surface area contributed by atoms with Crippen LogP contribution in [-0.2, 0) is 6.54 Å². The van der Waals surface area contributed by atoms with Crippen molar-refractivity contribution >= 4 is 5.69 Å².